The van der Waals surface area contributed by atoms with E-state index in [-0.39, 0.29) is 11.9 Å². The van der Waals surface area contributed by atoms with Gasteiger partial charge in [0.25, 0.3) is 5.91 Å². The maximum absolute atomic E-state index is 12.6. The van der Waals surface area contributed by atoms with Crippen molar-refractivity contribution in [1.29, 1.82) is 0 Å². The number of halogens is 1. The summed E-state index contributed by atoms with van der Waals surface area (Å²) in [5, 5.41) is 3.73. The van der Waals surface area contributed by atoms with Gasteiger partial charge in [-0.25, -0.2) is 0 Å². The zero-order valence-corrected chi connectivity index (χ0v) is 16.4. The molecule has 5 heteroatoms. The Balaban J connectivity index is 2.05. The number of methoxy groups -OCH3 is 1. The van der Waals surface area contributed by atoms with Crippen molar-refractivity contribution in [2.45, 2.75) is 39.3 Å². The first-order valence-corrected chi connectivity index (χ1v) is 9.13. The topological polar surface area (TPSA) is 47.6 Å². The second-order valence-electron chi connectivity index (χ2n) is 6.68. The Morgan fingerprint density at radius 1 is 1.00 bits per heavy atom. The molecular weight excluding hydrogens is 350 g/mol. The van der Waals surface area contributed by atoms with Crippen molar-refractivity contribution in [3.8, 4) is 11.5 Å². The SMILES string of the molecule is COc1ccc([C@H](CC(C)C)NC(=O)[C@@H](C)Oc2ccc(Cl)cc2)cc1. The minimum atomic E-state index is -0.607. The van der Waals surface area contributed by atoms with Gasteiger partial charge in [0.1, 0.15) is 11.5 Å². The van der Waals surface area contributed by atoms with E-state index in [4.69, 9.17) is 21.1 Å². The van der Waals surface area contributed by atoms with Gasteiger partial charge in [-0.1, -0.05) is 37.6 Å². The van der Waals surface area contributed by atoms with Crippen LogP contribution in [-0.2, 0) is 4.79 Å². The predicted octanol–water partition coefficient (Wildman–Crippen LogP) is 5.02. The third kappa shape index (κ3) is 5.95. The monoisotopic (exact) mass is 375 g/mol. The minimum absolute atomic E-state index is 0.0790. The second-order valence-corrected chi connectivity index (χ2v) is 7.11. The molecule has 2 aromatic carbocycles. The highest BCUT2D eigenvalue weighted by Crippen LogP contribution is 2.24. The molecule has 0 aliphatic carbocycles. The van der Waals surface area contributed by atoms with Crippen LogP contribution < -0.4 is 14.8 Å². The molecule has 0 bridgehead atoms. The first kappa shape index (κ1) is 20.1. The van der Waals surface area contributed by atoms with Gasteiger partial charge in [-0.3, -0.25) is 4.79 Å². The molecule has 2 rings (SSSR count). The van der Waals surface area contributed by atoms with Gasteiger partial charge < -0.3 is 14.8 Å². The Morgan fingerprint density at radius 3 is 2.12 bits per heavy atom. The third-order valence-electron chi connectivity index (χ3n) is 4.04. The van der Waals surface area contributed by atoms with Gasteiger partial charge in [0.15, 0.2) is 6.10 Å². The molecule has 0 fully saturated rings. The van der Waals surface area contributed by atoms with Crippen LogP contribution in [-0.4, -0.2) is 19.1 Å². The lowest BCUT2D eigenvalue weighted by molar-refractivity contribution is -0.128. The van der Waals surface area contributed by atoms with Crippen LogP contribution in [0.2, 0.25) is 5.02 Å². The van der Waals surface area contributed by atoms with Crippen molar-refractivity contribution >= 4 is 17.5 Å². The smallest absolute Gasteiger partial charge is 0.261 e. The van der Waals surface area contributed by atoms with Gasteiger partial charge in [0, 0.05) is 5.02 Å². The van der Waals surface area contributed by atoms with Gasteiger partial charge in [-0.15, -0.1) is 0 Å². The van der Waals surface area contributed by atoms with Gasteiger partial charge in [-0.2, -0.15) is 0 Å². The number of nitrogens with one attached hydrogen (secondary N) is 1. The zero-order chi connectivity index (χ0) is 19.1. The molecule has 1 N–H and O–H groups in total. The van der Waals surface area contributed by atoms with E-state index >= 15 is 0 Å². The summed E-state index contributed by atoms with van der Waals surface area (Å²) in [6.45, 7) is 6.01. The molecule has 2 atom stereocenters. The average Bonchev–Trinajstić information content (AvgIpc) is 2.62. The van der Waals surface area contributed by atoms with E-state index in [1.807, 2.05) is 24.3 Å². The number of benzene rings is 2. The Labute approximate surface area is 160 Å². The molecule has 1 amide bonds. The van der Waals surface area contributed by atoms with Crippen LogP contribution in [0.5, 0.6) is 11.5 Å². The number of rotatable bonds is 8. The van der Waals surface area contributed by atoms with Crippen LogP contribution in [0.4, 0.5) is 0 Å². The highest BCUT2D eigenvalue weighted by atomic mass is 35.5. The summed E-state index contributed by atoms with van der Waals surface area (Å²) in [5.41, 5.74) is 1.05. The van der Waals surface area contributed by atoms with Gasteiger partial charge in [0.05, 0.1) is 13.2 Å². The third-order valence-corrected chi connectivity index (χ3v) is 4.29. The predicted molar refractivity (Wildman–Crippen MR) is 105 cm³/mol. The van der Waals surface area contributed by atoms with E-state index in [9.17, 15) is 4.79 Å². The molecule has 140 valence electrons. The summed E-state index contributed by atoms with van der Waals surface area (Å²) in [7, 11) is 1.64. The summed E-state index contributed by atoms with van der Waals surface area (Å²) < 4.78 is 10.9. The molecule has 0 unspecified atom stereocenters. The highest BCUT2D eigenvalue weighted by molar-refractivity contribution is 6.30. The first-order chi connectivity index (χ1) is 12.4. The fraction of sp³-hybridized carbons (Fsp3) is 0.381. The molecule has 0 aliphatic heterocycles. The number of ether oxygens (including phenoxy) is 2. The Hall–Kier alpha value is -2.20. The average molecular weight is 376 g/mol. The quantitative estimate of drug-likeness (QED) is 0.704. The highest BCUT2D eigenvalue weighted by Gasteiger charge is 2.21. The number of carbonyl (C=O) groups excluding carboxylic acids is 1. The van der Waals surface area contributed by atoms with E-state index in [2.05, 4.69) is 19.2 Å². The summed E-state index contributed by atoms with van der Waals surface area (Å²) in [5.74, 6) is 1.70. The van der Waals surface area contributed by atoms with E-state index in [1.165, 1.54) is 0 Å². The van der Waals surface area contributed by atoms with Crippen LogP contribution in [0, 0.1) is 5.92 Å². The number of amides is 1. The summed E-state index contributed by atoms with van der Waals surface area (Å²) in [6, 6.07) is 14.7. The van der Waals surface area contributed by atoms with Crippen LogP contribution in [0.25, 0.3) is 0 Å². The minimum Gasteiger partial charge on any atom is -0.497 e. The van der Waals surface area contributed by atoms with Gasteiger partial charge in [-0.05, 0) is 61.2 Å². The molecule has 0 radical (unpaired) electrons. The standard InChI is InChI=1S/C21H26ClNO3/c1-14(2)13-20(16-5-9-18(25-4)10-6-16)23-21(24)15(3)26-19-11-7-17(22)8-12-19/h5-12,14-15,20H,13H2,1-4H3,(H,23,24)/t15-,20+/m1/s1. The van der Waals surface area contributed by atoms with E-state index in [0.29, 0.717) is 16.7 Å². The molecule has 0 saturated heterocycles. The lowest BCUT2D eigenvalue weighted by atomic mass is 9.96. The van der Waals surface area contributed by atoms with Crippen molar-refractivity contribution in [2.75, 3.05) is 7.11 Å². The van der Waals surface area contributed by atoms with E-state index in [1.54, 1.807) is 38.3 Å². The molecule has 0 spiro atoms. The first-order valence-electron chi connectivity index (χ1n) is 8.75. The Morgan fingerprint density at radius 2 is 1.58 bits per heavy atom. The molecule has 0 aromatic heterocycles. The van der Waals surface area contributed by atoms with E-state index < -0.39 is 6.10 Å². The van der Waals surface area contributed by atoms with Crippen molar-refractivity contribution in [3.63, 3.8) is 0 Å². The maximum Gasteiger partial charge on any atom is 0.261 e. The zero-order valence-electron chi connectivity index (χ0n) is 15.7. The fourth-order valence-electron chi connectivity index (χ4n) is 2.65. The number of hydrogen-bond acceptors (Lipinski definition) is 3. The maximum atomic E-state index is 12.6. The number of hydrogen-bond donors (Lipinski definition) is 1. The molecular formula is C21H26ClNO3. The molecule has 4 nitrogen and oxygen atoms in total. The van der Waals surface area contributed by atoms with E-state index in [0.717, 1.165) is 17.7 Å². The second kappa shape index (κ2) is 9.48. The summed E-state index contributed by atoms with van der Waals surface area (Å²) in [6.07, 6.45) is 0.232. The lowest BCUT2D eigenvalue weighted by Crippen LogP contribution is -2.39. The normalized spacial score (nSPS) is 13.2. The molecule has 0 heterocycles. The van der Waals surface area contributed by atoms with Crippen molar-refractivity contribution < 1.29 is 14.3 Å². The summed E-state index contributed by atoms with van der Waals surface area (Å²) in [4.78, 5) is 12.6. The van der Waals surface area contributed by atoms with Gasteiger partial charge >= 0.3 is 0 Å². The van der Waals surface area contributed by atoms with Crippen molar-refractivity contribution in [3.05, 3.63) is 59.1 Å². The van der Waals surface area contributed by atoms with Gasteiger partial charge in [0.2, 0.25) is 0 Å². The van der Waals surface area contributed by atoms with Crippen LogP contribution in [0.1, 0.15) is 38.8 Å². The fourth-order valence-corrected chi connectivity index (χ4v) is 2.77. The van der Waals surface area contributed by atoms with Crippen LogP contribution >= 0.6 is 11.6 Å². The van der Waals surface area contributed by atoms with Crippen molar-refractivity contribution in [2.24, 2.45) is 5.92 Å². The Bertz CT molecular complexity index is 698. The lowest BCUT2D eigenvalue weighted by Gasteiger charge is -2.23. The van der Waals surface area contributed by atoms with Crippen molar-refractivity contribution in [1.82, 2.24) is 5.32 Å². The Kier molecular flexibility index (Phi) is 7.34. The molecule has 2 aromatic rings. The van der Waals surface area contributed by atoms with Crippen LogP contribution in [0.3, 0.4) is 0 Å². The number of carbonyl (C=O) groups is 1. The summed E-state index contributed by atoms with van der Waals surface area (Å²) >= 11 is 5.87. The molecule has 0 aliphatic rings. The van der Waals surface area contributed by atoms with Crippen LogP contribution in [0.15, 0.2) is 48.5 Å². The molecule has 0 saturated carbocycles. The molecule has 26 heavy (non-hydrogen) atoms. The largest absolute Gasteiger partial charge is 0.497 e.